The summed E-state index contributed by atoms with van der Waals surface area (Å²) in [6, 6.07) is 6.80. The number of nitrogens with zero attached hydrogens (tertiary/aromatic N) is 2. The molecule has 1 unspecified atom stereocenters. The van der Waals surface area contributed by atoms with Gasteiger partial charge in [0.05, 0.1) is 0 Å². The molecule has 0 amide bonds. The van der Waals surface area contributed by atoms with Gasteiger partial charge in [0.1, 0.15) is 0 Å². The number of anilines is 1. The van der Waals surface area contributed by atoms with Crippen LogP contribution >= 0.6 is 27.5 Å². The molecule has 1 aliphatic rings. The molecule has 1 fully saturated rings. The molecule has 0 saturated carbocycles. The Labute approximate surface area is 129 Å². The highest BCUT2D eigenvalue weighted by molar-refractivity contribution is 9.08. The van der Waals surface area contributed by atoms with Crippen LogP contribution in [0, 0.1) is 0 Å². The van der Waals surface area contributed by atoms with Crippen LogP contribution in [0.15, 0.2) is 18.2 Å². The van der Waals surface area contributed by atoms with Gasteiger partial charge in [-0.2, -0.15) is 0 Å². The van der Waals surface area contributed by atoms with Crippen LogP contribution in [-0.2, 0) is 5.33 Å². The second-order valence-corrected chi connectivity index (χ2v) is 6.28. The Hall–Kier alpha value is -0.250. The van der Waals surface area contributed by atoms with Crippen molar-refractivity contribution in [2.75, 3.05) is 31.6 Å². The Kier molecular flexibility index (Phi) is 5.55. The van der Waals surface area contributed by atoms with E-state index in [-0.39, 0.29) is 0 Å². The molecule has 1 heterocycles. The first-order valence-electron chi connectivity index (χ1n) is 6.95. The number of hydrogen-bond donors (Lipinski definition) is 0. The van der Waals surface area contributed by atoms with Crippen molar-refractivity contribution in [2.24, 2.45) is 0 Å². The summed E-state index contributed by atoms with van der Waals surface area (Å²) in [5.41, 5.74) is 2.62. The van der Waals surface area contributed by atoms with Gasteiger partial charge in [0.15, 0.2) is 0 Å². The van der Waals surface area contributed by atoms with Crippen molar-refractivity contribution in [1.29, 1.82) is 0 Å². The summed E-state index contributed by atoms with van der Waals surface area (Å²) in [5.74, 6) is 0. The van der Waals surface area contributed by atoms with Crippen LogP contribution in [-0.4, -0.2) is 37.6 Å². The zero-order valence-corrected chi connectivity index (χ0v) is 14.0. The number of alkyl halides is 1. The summed E-state index contributed by atoms with van der Waals surface area (Å²) in [7, 11) is 2.22. The van der Waals surface area contributed by atoms with Gasteiger partial charge in [-0.25, -0.2) is 0 Å². The van der Waals surface area contributed by atoms with E-state index >= 15 is 0 Å². The predicted octanol–water partition coefficient (Wildman–Crippen LogP) is 4.16. The summed E-state index contributed by atoms with van der Waals surface area (Å²) in [6.07, 6.45) is 2.37. The molecule has 2 nitrogen and oxygen atoms in total. The van der Waals surface area contributed by atoms with Crippen LogP contribution < -0.4 is 4.90 Å². The van der Waals surface area contributed by atoms with E-state index in [0.717, 1.165) is 23.4 Å². The third-order valence-electron chi connectivity index (χ3n) is 3.87. The lowest BCUT2D eigenvalue weighted by molar-refractivity contribution is 0.328. The van der Waals surface area contributed by atoms with Crippen molar-refractivity contribution in [3.05, 3.63) is 28.8 Å². The lowest BCUT2D eigenvalue weighted by atomic mass is 10.1. The topological polar surface area (TPSA) is 6.48 Å². The van der Waals surface area contributed by atoms with Crippen LogP contribution in [0.2, 0.25) is 5.02 Å². The molecule has 2 rings (SSSR count). The first-order chi connectivity index (χ1) is 9.15. The molecular formula is C15H22BrClN2. The van der Waals surface area contributed by atoms with Gasteiger partial charge in [-0.05, 0) is 44.1 Å². The van der Waals surface area contributed by atoms with E-state index in [4.69, 9.17) is 11.6 Å². The van der Waals surface area contributed by atoms with Crippen LogP contribution in [0.25, 0.3) is 0 Å². The highest BCUT2D eigenvalue weighted by atomic mass is 79.9. The molecule has 1 aromatic rings. The lowest BCUT2D eigenvalue weighted by Gasteiger charge is -2.33. The smallest absolute Gasteiger partial charge is 0.0426 e. The fraction of sp³-hybridized carbons (Fsp3) is 0.600. The Bertz CT molecular complexity index is 425. The van der Waals surface area contributed by atoms with E-state index in [0.29, 0.717) is 6.04 Å². The number of benzene rings is 1. The summed E-state index contributed by atoms with van der Waals surface area (Å²) in [4.78, 5) is 4.98. The number of likely N-dealkylation sites (N-methyl/N-ethyl adjacent to an activating group) is 1. The fourth-order valence-electron chi connectivity index (χ4n) is 2.83. The van der Waals surface area contributed by atoms with Gasteiger partial charge in [-0.1, -0.05) is 40.5 Å². The van der Waals surface area contributed by atoms with Gasteiger partial charge in [0.2, 0.25) is 0 Å². The minimum absolute atomic E-state index is 0.573. The predicted molar refractivity (Wildman–Crippen MR) is 87.6 cm³/mol. The van der Waals surface area contributed by atoms with E-state index in [1.165, 1.54) is 30.6 Å². The van der Waals surface area contributed by atoms with Crippen molar-refractivity contribution in [2.45, 2.75) is 31.1 Å². The minimum atomic E-state index is 0.573. The van der Waals surface area contributed by atoms with E-state index in [9.17, 15) is 0 Å². The Morgan fingerprint density at radius 2 is 2.16 bits per heavy atom. The highest BCUT2D eigenvalue weighted by Gasteiger charge is 2.23. The Balaban J connectivity index is 2.34. The van der Waals surface area contributed by atoms with Gasteiger partial charge >= 0.3 is 0 Å². The molecule has 1 aromatic carbocycles. The number of halogens is 2. The molecular weight excluding hydrogens is 324 g/mol. The Morgan fingerprint density at radius 3 is 2.84 bits per heavy atom. The molecule has 19 heavy (non-hydrogen) atoms. The molecule has 0 bridgehead atoms. The number of rotatable bonds is 3. The molecule has 0 N–H and O–H groups in total. The van der Waals surface area contributed by atoms with Crippen molar-refractivity contribution >= 4 is 33.2 Å². The van der Waals surface area contributed by atoms with Crippen LogP contribution in [0.4, 0.5) is 5.69 Å². The van der Waals surface area contributed by atoms with Gasteiger partial charge in [0, 0.05) is 35.2 Å². The zero-order valence-electron chi connectivity index (χ0n) is 11.7. The molecule has 0 aromatic heterocycles. The van der Waals surface area contributed by atoms with E-state index < -0.39 is 0 Å². The van der Waals surface area contributed by atoms with Gasteiger partial charge < -0.3 is 9.80 Å². The van der Waals surface area contributed by atoms with Gasteiger partial charge in [0.25, 0.3) is 0 Å². The average molecular weight is 346 g/mol. The Morgan fingerprint density at radius 1 is 1.37 bits per heavy atom. The van der Waals surface area contributed by atoms with Crippen molar-refractivity contribution in [1.82, 2.24) is 4.90 Å². The second-order valence-electron chi connectivity index (χ2n) is 5.28. The monoisotopic (exact) mass is 344 g/mol. The third kappa shape index (κ3) is 3.65. The lowest BCUT2D eigenvalue weighted by Crippen LogP contribution is -2.40. The minimum Gasteiger partial charge on any atom is -0.367 e. The molecule has 0 aliphatic carbocycles. The summed E-state index contributed by atoms with van der Waals surface area (Å²) >= 11 is 9.79. The number of hydrogen-bond acceptors (Lipinski definition) is 2. The summed E-state index contributed by atoms with van der Waals surface area (Å²) in [6.45, 7) is 5.69. The maximum absolute atomic E-state index is 6.20. The SMILES string of the molecule is CCC1CN(C)CCCN1c1cc(Cl)ccc1CBr. The average Bonchev–Trinajstić information content (AvgIpc) is 2.60. The van der Waals surface area contributed by atoms with Crippen LogP contribution in [0.5, 0.6) is 0 Å². The van der Waals surface area contributed by atoms with Crippen LogP contribution in [0.3, 0.4) is 0 Å². The van der Waals surface area contributed by atoms with Crippen molar-refractivity contribution in [3.63, 3.8) is 0 Å². The fourth-order valence-corrected chi connectivity index (χ4v) is 3.47. The second kappa shape index (κ2) is 6.96. The molecule has 106 valence electrons. The summed E-state index contributed by atoms with van der Waals surface area (Å²) < 4.78 is 0. The van der Waals surface area contributed by atoms with Crippen molar-refractivity contribution < 1.29 is 0 Å². The van der Waals surface area contributed by atoms with E-state index in [1.807, 2.05) is 6.07 Å². The highest BCUT2D eigenvalue weighted by Crippen LogP contribution is 2.30. The molecule has 1 saturated heterocycles. The first-order valence-corrected chi connectivity index (χ1v) is 8.45. The van der Waals surface area contributed by atoms with E-state index in [2.05, 4.69) is 51.8 Å². The molecule has 1 atom stereocenters. The standard InChI is InChI=1S/C15H22BrClN2/c1-3-14-11-18(2)7-4-8-19(14)15-9-13(17)6-5-12(15)10-16/h5-6,9,14H,3-4,7-8,10-11H2,1-2H3. The normalized spacial score (nSPS) is 21.5. The maximum atomic E-state index is 6.20. The zero-order chi connectivity index (χ0) is 13.8. The first kappa shape index (κ1) is 15.1. The van der Waals surface area contributed by atoms with Crippen LogP contribution in [0.1, 0.15) is 25.3 Å². The summed E-state index contributed by atoms with van der Waals surface area (Å²) in [5, 5.41) is 1.70. The van der Waals surface area contributed by atoms with E-state index in [1.54, 1.807) is 0 Å². The van der Waals surface area contributed by atoms with Gasteiger partial charge in [-0.15, -0.1) is 0 Å². The van der Waals surface area contributed by atoms with Crippen molar-refractivity contribution in [3.8, 4) is 0 Å². The molecule has 0 spiro atoms. The van der Waals surface area contributed by atoms with Gasteiger partial charge in [-0.3, -0.25) is 0 Å². The molecule has 0 radical (unpaired) electrons. The molecule has 4 heteroatoms. The quantitative estimate of drug-likeness (QED) is 0.759. The molecule has 1 aliphatic heterocycles. The maximum Gasteiger partial charge on any atom is 0.0426 e. The largest absolute Gasteiger partial charge is 0.367 e. The third-order valence-corrected chi connectivity index (χ3v) is 4.71.